The van der Waals surface area contributed by atoms with Crippen LogP contribution in [0.2, 0.25) is 0 Å². The number of aromatic amines is 1. The maximum atomic E-state index is 12.4. The van der Waals surface area contributed by atoms with Crippen LogP contribution in [0.1, 0.15) is 0 Å². The van der Waals surface area contributed by atoms with E-state index in [-0.39, 0.29) is 11.2 Å². The van der Waals surface area contributed by atoms with Gasteiger partial charge in [0.25, 0.3) is 5.56 Å². The van der Waals surface area contributed by atoms with Gasteiger partial charge in [0.2, 0.25) is 5.95 Å². The Morgan fingerprint density at radius 1 is 1.30 bits per heavy atom. The molecule has 1 aromatic heterocycles. The van der Waals surface area contributed by atoms with Gasteiger partial charge in [0, 0.05) is 21.1 Å². The van der Waals surface area contributed by atoms with Crippen LogP contribution in [-0.4, -0.2) is 83.6 Å². The molecule has 0 spiro atoms. The molecule has 0 amide bonds. The molecule has 5 N–H and O–H groups in total. The lowest BCUT2D eigenvalue weighted by molar-refractivity contribution is -0.189. The van der Waals surface area contributed by atoms with Gasteiger partial charge in [-0.05, 0) is 0 Å². The number of aromatic nitrogens is 2. The van der Waals surface area contributed by atoms with Crippen LogP contribution < -0.4 is 20.7 Å². The SMILES string of the molecule is CNc1nc2c(c(=O)[nH]1)N(C)[C@H]1C(O)[C@@H](O)[C@@H](CO)O[C@H]1N2C. The van der Waals surface area contributed by atoms with Crippen molar-refractivity contribution in [3.63, 3.8) is 0 Å². The average molecular weight is 327 g/mol. The molecule has 3 rings (SSSR count). The molecule has 0 saturated carbocycles. The summed E-state index contributed by atoms with van der Waals surface area (Å²) in [7, 11) is 4.96. The highest BCUT2D eigenvalue weighted by atomic mass is 16.5. The monoisotopic (exact) mass is 327 g/mol. The largest absolute Gasteiger partial charge is 0.394 e. The Kier molecular flexibility index (Phi) is 3.92. The fourth-order valence-electron chi connectivity index (χ4n) is 3.23. The van der Waals surface area contributed by atoms with Gasteiger partial charge in [0.1, 0.15) is 30.0 Å². The van der Waals surface area contributed by atoms with Crippen LogP contribution in [0, 0.1) is 0 Å². The van der Waals surface area contributed by atoms with Crippen molar-refractivity contribution >= 4 is 17.5 Å². The molecule has 1 unspecified atom stereocenters. The molecule has 10 nitrogen and oxygen atoms in total. The van der Waals surface area contributed by atoms with E-state index in [0.29, 0.717) is 11.8 Å². The first-order valence-corrected chi connectivity index (χ1v) is 7.30. The van der Waals surface area contributed by atoms with Crippen molar-refractivity contribution in [1.29, 1.82) is 0 Å². The number of hydrogen-bond donors (Lipinski definition) is 5. The molecule has 10 heteroatoms. The van der Waals surface area contributed by atoms with Gasteiger partial charge < -0.3 is 35.2 Å². The third-order valence-electron chi connectivity index (χ3n) is 4.50. The van der Waals surface area contributed by atoms with E-state index in [1.807, 2.05) is 0 Å². The number of rotatable bonds is 2. The van der Waals surface area contributed by atoms with Gasteiger partial charge in [-0.25, -0.2) is 0 Å². The van der Waals surface area contributed by atoms with Crippen LogP contribution in [0.25, 0.3) is 0 Å². The average Bonchev–Trinajstić information content (AvgIpc) is 2.54. The molecule has 0 bridgehead atoms. The Labute approximate surface area is 132 Å². The fraction of sp³-hybridized carbons (Fsp3) is 0.692. The molecule has 1 fully saturated rings. The number of ether oxygens (including phenoxy) is 1. The summed E-state index contributed by atoms with van der Waals surface area (Å²) in [6, 6.07) is -0.673. The number of aliphatic hydroxyl groups excluding tert-OH is 3. The number of likely N-dealkylation sites (N-methyl/N-ethyl adjacent to an activating group) is 2. The second-order valence-corrected chi connectivity index (χ2v) is 5.78. The summed E-state index contributed by atoms with van der Waals surface area (Å²) >= 11 is 0. The highest BCUT2D eigenvalue weighted by Crippen LogP contribution is 2.38. The third kappa shape index (κ3) is 2.26. The minimum absolute atomic E-state index is 0.282. The van der Waals surface area contributed by atoms with E-state index in [1.165, 1.54) is 0 Å². The van der Waals surface area contributed by atoms with Crippen LogP contribution in [0.5, 0.6) is 0 Å². The molecule has 0 aromatic carbocycles. The summed E-state index contributed by atoms with van der Waals surface area (Å²) in [5, 5.41) is 32.6. The van der Waals surface area contributed by atoms with Gasteiger partial charge in [-0.15, -0.1) is 0 Å². The summed E-state index contributed by atoms with van der Waals surface area (Å²) in [5.74, 6) is 0.699. The highest BCUT2D eigenvalue weighted by molar-refractivity contribution is 5.70. The molecule has 2 aliphatic rings. The zero-order valence-electron chi connectivity index (χ0n) is 13.1. The van der Waals surface area contributed by atoms with Crippen molar-refractivity contribution in [3.05, 3.63) is 10.4 Å². The number of aliphatic hydroxyl groups is 3. The molecule has 1 aromatic rings. The standard InChI is InChI=1S/C13H21N5O5/c1-14-13-15-10-7(11(22)16-13)17(2)6-9(21)8(20)5(4-19)23-12(6)18(10)3/h5-6,8-9,12,19-21H,4H2,1-3H3,(H2,14,15,16,22)/t5-,6+,8+,9?,12-/m1/s1. The molecule has 23 heavy (non-hydrogen) atoms. The fourth-order valence-corrected chi connectivity index (χ4v) is 3.23. The van der Waals surface area contributed by atoms with Crippen molar-refractivity contribution in [2.24, 2.45) is 0 Å². The van der Waals surface area contributed by atoms with Crippen LogP contribution in [0.4, 0.5) is 17.5 Å². The molecular weight excluding hydrogens is 306 g/mol. The van der Waals surface area contributed by atoms with E-state index in [0.717, 1.165) is 0 Å². The zero-order chi connectivity index (χ0) is 16.9. The lowest BCUT2D eigenvalue weighted by Gasteiger charge is -2.52. The predicted octanol–water partition coefficient (Wildman–Crippen LogP) is -2.49. The van der Waals surface area contributed by atoms with Gasteiger partial charge >= 0.3 is 0 Å². The van der Waals surface area contributed by atoms with Crippen LogP contribution >= 0.6 is 0 Å². The smallest absolute Gasteiger partial charge is 0.278 e. The minimum Gasteiger partial charge on any atom is -0.394 e. The number of fused-ring (bicyclic) bond motifs is 2. The maximum absolute atomic E-state index is 12.4. The number of nitrogens with one attached hydrogen (secondary N) is 2. The van der Waals surface area contributed by atoms with Crippen molar-refractivity contribution < 1.29 is 20.1 Å². The Morgan fingerprint density at radius 3 is 2.61 bits per heavy atom. The summed E-state index contributed by atoms with van der Waals surface area (Å²) in [4.78, 5) is 22.5. The van der Waals surface area contributed by atoms with Crippen molar-refractivity contribution in [2.45, 2.75) is 30.6 Å². The Bertz CT molecular complexity index is 652. The van der Waals surface area contributed by atoms with E-state index >= 15 is 0 Å². The lowest BCUT2D eigenvalue weighted by Crippen LogP contribution is -2.70. The van der Waals surface area contributed by atoms with Crippen LogP contribution in [0.3, 0.4) is 0 Å². The van der Waals surface area contributed by atoms with Gasteiger partial charge in [0.15, 0.2) is 12.0 Å². The number of anilines is 3. The summed E-state index contributed by atoms with van der Waals surface area (Å²) < 4.78 is 5.73. The van der Waals surface area contributed by atoms with E-state index in [2.05, 4.69) is 15.3 Å². The maximum Gasteiger partial charge on any atom is 0.278 e. The first kappa shape index (κ1) is 16.0. The Morgan fingerprint density at radius 2 is 2.00 bits per heavy atom. The normalized spacial score (nSPS) is 33.2. The van der Waals surface area contributed by atoms with Gasteiger partial charge in [-0.3, -0.25) is 9.78 Å². The summed E-state index contributed by atoms with van der Waals surface area (Å²) in [6.45, 7) is -0.420. The quantitative estimate of drug-likeness (QED) is 0.400. The molecule has 1 saturated heterocycles. The molecule has 0 aliphatic carbocycles. The van der Waals surface area contributed by atoms with E-state index < -0.39 is 37.2 Å². The van der Waals surface area contributed by atoms with Gasteiger partial charge in [-0.1, -0.05) is 0 Å². The molecule has 128 valence electrons. The number of hydrogen-bond acceptors (Lipinski definition) is 9. The van der Waals surface area contributed by atoms with Crippen molar-refractivity contribution in [3.8, 4) is 0 Å². The molecule has 3 heterocycles. The van der Waals surface area contributed by atoms with E-state index in [1.54, 1.807) is 30.9 Å². The van der Waals surface area contributed by atoms with Crippen molar-refractivity contribution in [2.75, 3.05) is 42.9 Å². The summed E-state index contributed by atoms with van der Waals surface area (Å²) in [6.07, 6.45) is -4.01. The second-order valence-electron chi connectivity index (χ2n) is 5.78. The first-order valence-electron chi connectivity index (χ1n) is 7.30. The lowest BCUT2D eigenvalue weighted by atomic mass is 9.92. The Hall–Kier alpha value is -1.88. The van der Waals surface area contributed by atoms with Crippen LogP contribution in [-0.2, 0) is 4.74 Å². The van der Waals surface area contributed by atoms with E-state index in [4.69, 9.17) is 4.74 Å². The topological polar surface area (TPSA) is 134 Å². The van der Waals surface area contributed by atoms with Crippen molar-refractivity contribution in [1.82, 2.24) is 9.97 Å². The van der Waals surface area contributed by atoms with E-state index in [9.17, 15) is 20.1 Å². The molecule has 2 aliphatic heterocycles. The third-order valence-corrected chi connectivity index (χ3v) is 4.50. The highest BCUT2D eigenvalue weighted by Gasteiger charge is 2.51. The number of nitrogens with zero attached hydrogens (tertiary/aromatic N) is 3. The molecule has 0 radical (unpaired) electrons. The molecular formula is C13H21N5O5. The minimum atomic E-state index is -1.25. The number of H-pyrrole nitrogens is 1. The molecule has 5 atom stereocenters. The predicted molar refractivity (Wildman–Crippen MR) is 82.8 cm³/mol. The summed E-state index contributed by atoms with van der Waals surface area (Å²) in [5.41, 5.74) is -0.0804. The second kappa shape index (κ2) is 5.64. The van der Waals surface area contributed by atoms with Gasteiger partial charge in [-0.2, -0.15) is 4.98 Å². The van der Waals surface area contributed by atoms with Gasteiger partial charge in [0.05, 0.1) is 6.61 Å². The first-order chi connectivity index (χ1) is 10.9. The zero-order valence-corrected chi connectivity index (χ0v) is 13.1. The Balaban J connectivity index is 2.11. The van der Waals surface area contributed by atoms with Crippen LogP contribution in [0.15, 0.2) is 4.79 Å².